The first kappa shape index (κ1) is 28.2. The van der Waals surface area contributed by atoms with Crippen molar-refractivity contribution >= 4 is 11.9 Å². The molecule has 1 amide bonds. The zero-order valence-corrected chi connectivity index (χ0v) is 19.3. The number of carbonyl (C=O) groups is 2. The fourth-order valence-electron chi connectivity index (χ4n) is 2.88. The van der Waals surface area contributed by atoms with Crippen molar-refractivity contribution in [2.75, 3.05) is 13.1 Å². The van der Waals surface area contributed by atoms with Crippen LogP contribution in [0.1, 0.15) is 113 Å². The molecule has 0 aromatic carbocycles. The Morgan fingerprint density at radius 2 is 1.44 bits per heavy atom. The molecule has 0 N–H and O–H groups in total. The van der Waals surface area contributed by atoms with Crippen molar-refractivity contribution in [1.29, 1.82) is 0 Å². The van der Waals surface area contributed by atoms with Crippen LogP contribution in [0.2, 0.25) is 0 Å². The molecule has 1 aliphatic heterocycles. The maximum Gasteiger partial charge on any atom is 0.311 e. The third-order valence-electron chi connectivity index (χ3n) is 4.39. The predicted molar refractivity (Wildman–Crippen MR) is 116 cm³/mol. The van der Waals surface area contributed by atoms with Crippen molar-refractivity contribution in [3.8, 4) is 0 Å². The molecule has 4 heteroatoms. The Morgan fingerprint density at radius 3 is 1.93 bits per heavy atom. The molecule has 1 fully saturated rings. The summed E-state index contributed by atoms with van der Waals surface area (Å²) < 4.78 is 5.17. The summed E-state index contributed by atoms with van der Waals surface area (Å²) in [4.78, 5) is 25.4. The molecule has 0 bridgehead atoms. The van der Waals surface area contributed by atoms with E-state index in [2.05, 4.69) is 20.8 Å². The Morgan fingerprint density at radius 1 is 0.963 bits per heavy atom. The van der Waals surface area contributed by atoms with Crippen molar-refractivity contribution in [3.63, 3.8) is 0 Å². The molecular formula is C23H47NO3. The molecule has 0 spiro atoms. The van der Waals surface area contributed by atoms with E-state index >= 15 is 0 Å². The van der Waals surface area contributed by atoms with Crippen LogP contribution in [0, 0.1) is 5.92 Å². The largest absolute Gasteiger partial charge is 0.463 e. The second-order valence-corrected chi connectivity index (χ2v) is 7.35. The Labute approximate surface area is 169 Å². The molecule has 1 unspecified atom stereocenters. The summed E-state index contributed by atoms with van der Waals surface area (Å²) in [7, 11) is 0. The maximum atomic E-state index is 11.8. The molecule has 27 heavy (non-hydrogen) atoms. The van der Waals surface area contributed by atoms with Crippen LogP contribution in [0.4, 0.5) is 0 Å². The molecule has 162 valence electrons. The second kappa shape index (κ2) is 19.7. The smallest absolute Gasteiger partial charge is 0.311 e. The minimum Gasteiger partial charge on any atom is -0.463 e. The first-order chi connectivity index (χ1) is 13.0. The summed E-state index contributed by atoms with van der Waals surface area (Å²) in [5.41, 5.74) is 0. The van der Waals surface area contributed by atoms with Crippen molar-refractivity contribution in [1.82, 2.24) is 4.90 Å². The summed E-state index contributed by atoms with van der Waals surface area (Å²) >= 11 is 0. The van der Waals surface area contributed by atoms with Gasteiger partial charge >= 0.3 is 5.97 Å². The van der Waals surface area contributed by atoms with Crippen LogP contribution in [0.15, 0.2) is 0 Å². The van der Waals surface area contributed by atoms with Crippen LogP contribution in [0.5, 0.6) is 0 Å². The topological polar surface area (TPSA) is 46.6 Å². The Bertz CT molecular complexity index is 352. The number of ether oxygens (including phenoxy) is 1. The minimum absolute atomic E-state index is 0.0983. The second-order valence-electron chi connectivity index (χ2n) is 7.35. The van der Waals surface area contributed by atoms with E-state index < -0.39 is 0 Å². The lowest BCUT2D eigenvalue weighted by Gasteiger charge is -2.16. The zero-order chi connectivity index (χ0) is 21.1. The van der Waals surface area contributed by atoms with E-state index in [1.54, 1.807) is 0 Å². The molecule has 0 aromatic rings. The van der Waals surface area contributed by atoms with Gasteiger partial charge in [-0.05, 0) is 20.3 Å². The van der Waals surface area contributed by atoms with E-state index in [0.29, 0.717) is 13.0 Å². The van der Waals surface area contributed by atoms with Gasteiger partial charge in [-0.1, -0.05) is 86.0 Å². The molecule has 0 saturated carbocycles. The molecule has 1 heterocycles. The van der Waals surface area contributed by atoms with Gasteiger partial charge in [0.25, 0.3) is 0 Å². The van der Waals surface area contributed by atoms with Gasteiger partial charge in [0, 0.05) is 19.5 Å². The number of unbranched alkanes of at least 4 members (excludes halogenated alkanes) is 7. The van der Waals surface area contributed by atoms with Crippen molar-refractivity contribution in [2.24, 2.45) is 5.92 Å². The van der Waals surface area contributed by atoms with E-state index in [0.717, 1.165) is 13.0 Å². The SMILES string of the molecule is CC.CCCCCC.CCCCCCCN1CC(C(=O)OC(C)C)CC1=O. The fourth-order valence-corrected chi connectivity index (χ4v) is 2.88. The summed E-state index contributed by atoms with van der Waals surface area (Å²) in [5.74, 6) is -0.386. The van der Waals surface area contributed by atoms with E-state index in [9.17, 15) is 9.59 Å². The van der Waals surface area contributed by atoms with Gasteiger partial charge in [0.1, 0.15) is 0 Å². The summed E-state index contributed by atoms with van der Waals surface area (Å²) in [6.45, 7) is 15.6. The Balaban J connectivity index is 0. The average Bonchev–Trinajstić information content (AvgIpc) is 3.02. The third kappa shape index (κ3) is 15.7. The molecule has 0 radical (unpaired) electrons. The lowest BCUT2D eigenvalue weighted by molar-refractivity contribution is -0.152. The normalized spacial score (nSPS) is 15.8. The monoisotopic (exact) mass is 385 g/mol. The van der Waals surface area contributed by atoms with Gasteiger partial charge in [0.2, 0.25) is 5.91 Å². The fraction of sp³-hybridized carbons (Fsp3) is 0.913. The van der Waals surface area contributed by atoms with E-state index in [-0.39, 0.29) is 23.9 Å². The van der Waals surface area contributed by atoms with Crippen molar-refractivity contribution < 1.29 is 14.3 Å². The molecule has 1 rings (SSSR count). The highest BCUT2D eigenvalue weighted by Gasteiger charge is 2.35. The average molecular weight is 386 g/mol. The summed E-state index contributed by atoms with van der Waals surface area (Å²) in [5, 5.41) is 0. The first-order valence-corrected chi connectivity index (χ1v) is 11.4. The molecule has 1 aliphatic rings. The molecule has 1 saturated heterocycles. The molecule has 4 nitrogen and oxygen atoms in total. The Hall–Kier alpha value is -1.06. The molecule has 0 aliphatic carbocycles. The van der Waals surface area contributed by atoms with Crippen molar-refractivity contribution in [2.45, 2.75) is 119 Å². The number of esters is 1. The van der Waals surface area contributed by atoms with Crippen LogP contribution in [0.25, 0.3) is 0 Å². The quantitative estimate of drug-likeness (QED) is 0.307. The third-order valence-corrected chi connectivity index (χ3v) is 4.39. The van der Waals surface area contributed by atoms with Gasteiger partial charge in [0.15, 0.2) is 0 Å². The number of hydrogen-bond acceptors (Lipinski definition) is 3. The van der Waals surface area contributed by atoms with Gasteiger partial charge in [-0.3, -0.25) is 9.59 Å². The molecule has 1 atom stereocenters. The van der Waals surface area contributed by atoms with Gasteiger partial charge < -0.3 is 9.64 Å². The van der Waals surface area contributed by atoms with Gasteiger partial charge in [-0.2, -0.15) is 0 Å². The maximum absolute atomic E-state index is 11.8. The standard InChI is InChI=1S/C15H27NO3.C6H14.C2H6/c1-4-5-6-7-8-9-16-11-13(10-14(16)17)15(18)19-12(2)3;1-3-5-6-4-2;1-2/h12-13H,4-11H2,1-3H3;3-6H2,1-2H3;1-2H3. The van der Waals surface area contributed by atoms with E-state index in [1.165, 1.54) is 51.4 Å². The lowest BCUT2D eigenvalue weighted by Crippen LogP contribution is -2.28. The van der Waals surface area contributed by atoms with Crippen LogP contribution in [0.3, 0.4) is 0 Å². The lowest BCUT2D eigenvalue weighted by atomic mass is 10.1. The highest BCUT2D eigenvalue weighted by Crippen LogP contribution is 2.20. The number of likely N-dealkylation sites (tertiary alicyclic amines) is 1. The first-order valence-electron chi connectivity index (χ1n) is 11.4. The van der Waals surface area contributed by atoms with Crippen LogP contribution in [-0.2, 0) is 14.3 Å². The predicted octanol–water partition coefficient (Wildman–Crippen LogP) is 6.37. The van der Waals surface area contributed by atoms with Crippen LogP contribution in [-0.4, -0.2) is 36.0 Å². The zero-order valence-electron chi connectivity index (χ0n) is 19.3. The minimum atomic E-state index is -0.259. The van der Waals surface area contributed by atoms with Crippen LogP contribution < -0.4 is 0 Å². The number of carbonyl (C=O) groups excluding carboxylic acids is 2. The van der Waals surface area contributed by atoms with E-state index in [1.807, 2.05) is 32.6 Å². The summed E-state index contributed by atoms with van der Waals surface area (Å²) in [6.07, 6.45) is 11.7. The molecule has 0 aromatic heterocycles. The van der Waals surface area contributed by atoms with Gasteiger partial charge in [-0.15, -0.1) is 0 Å². The van der Waals surface area contributed by atoms with E-state index in [4.69, 9.17) is 4.74 Å². The number of rotatable bonds is 11. The van der Waals surface area contributed by atoms with Crippen LogP contribution >= 0.6 is 0 Å². The van der Waals surface area contributed by atoms with Gasteiger partial charge in [0.05, 0.1) is 12.0 Å². The number of nitrogens with zero attached hydrogens (tertiary/aromatic N) is 1. The number of amides is 1. The Kier molecular flexibility index (Phi) is 20.5. The number of hydrogen-bond donors (Lipinski definition) is 0. The van der Waals surface area contributed by atoms with Gasteiger partial charge in [-0.25, -0.2) is 0 Å². The highest BCUT2D eigenvalue weighted by atomic mass is 16.5. The highest BCUT2D eigenvalue weighted by molar-refractivity contribution is 5.86. The summed E-state index contributed by atoms with van der Waals surface area (Å²) in [6, 6.07) is 0. The van der Waals surface area contributed by atoms with Crippen molar-refractivity contribution in [3.05, 3.63) is 0 Å². The molecular weight excluding hydrogens is 338 g/mol.